The number of likely N-dealkylation sites (tertiary alicyclic amines) is 1. The summed E-state index contributed by atoms with van der Waals surface area (Å²) in [5.74, 6) is 0.924. The Morgan fingerprint density at radius 1 is 1.38 bits per heavy atom. The Morgan fingerprint density at radius 2 is 2.19 bits per heavy atom. The number of carbonyl (C=O) groups excluding carboxylic acids is 1. The van der Waals surface area contributed by atoms with E-state index in [1.807, 2.05) is 0 Å². The Bertz CT molecular complexity index is 384. The number of urea groups is 1. The van der Waals surface area contributed by atoms with Crippen molar-refractivity contribution in [1.82, 2.24) is 15.1 Å². The molecule has 5 heteroatoms. The van der Waals surface area contributed by atoms with E-state index in [0.29, 0.717) is 0 Å². The van der Waals surface area contributed by atoms with Gasteiger partial charge in [0.15, 0.2) is 0 Å². The van der Waals surface area contributed by atoms with Crippen LogP contribution in [0.1, 0.15) is 38.5 Å². The maximum Gasteiger partial charge on any atom is 0.317 e. The van der Waals surface area contributed by atoms with Crippen molar-refractivity contribution in [2.24, 2.45) is 5.92 Å². The third kappa shape index (κ3) is 3.51. The first-order valence-electron chi connectivity index (χ1n) is 8.40. The fourth-order valence-electron chi connectivity index (χ4n) is 3.86. The lowest BCUT2D eigenvalue weighted by Gasteiger charge is -2.39. The molecular formula is C16H29N3O2. The van der Waals surface area contributed by atoms with Gasteiger partial charge in [0.25, 0.3) is 0 Å². The zero-order valence-electron chi connectivity index (χ0n) is 13.4. The van der Waals surface area contributed by atoms with Gasteiger partial charge in [0, 0.05) is 46.4 Å². The lowest BCUT2D eigenvalue weighted by molar-refractivity contribution is -0.0797. The highest BCUT2D eigenvalue weighted by Crippen LogP contribution is 2.36. The van der Waals surface area contributed by atoms with Crippen molar-refractivity contribution in [3.8, 4) is 0 Å². The maximum atomic E-state index is 11.8. The smallest absolute Gasteiger partial charge is 0.317 e. The molecular weight excluding hydrogens is 266 g/mol. The molecule has 21 heavy (non-hydrogen) atoms. The Kier molecular flexibility index (Phi) is 4.41. The first kappa shape index (κ1) is 15.1. The molecule has 0 bridgehead atoms. The maximum absolute atomic E-state index is 11.8. The summed E-state index contributed by atoms with van der Waals surface area (Å²) in [7, 11) is 3.58. The van der Waals surface area contributed by atoms with Crippen molar-refractivity contribution in [3.63, 3.8) is 0 Å². The van der Waals surface area contributed by atoms with Crippen molar-refractivity contribution >= 4 is 6.03 Å². The van der Waals surface area contributed by atoms with E-state index in [0.717, 1.165) is 44.9 Å². The first-order valence-corrected chi connectivity index (χ1v) is 8.40. The Morgan fingerprint density at radius 3 is 2.86 bits per heavy atom. The lowest BCUT2D eigenvalue weighted by atomic mass is 9.85. The molecule has 0 aromatic carbocycles. The minimum absolute atomic E-state index is 0.00768. The van der Waals surface area contributed by atoms with Crippen molar-refractivity contribution in [3.05, 3.63) is 0 Å². The molecule has 2 aliphatic heterocycles. The van der Waals surface area contributed by atoms with E-state index in [2.05, 4.69) is 10.2 Å². The van der Waals surface area contributed by atoms with E-state index in [1.165, 1.54) is 25.8 Å². The summed E-state index contributed by atoms with van der Waals surface area (Å²) in [4.78, 5) is 16.0. The molecule has 0 radical (unpaired) electrons. The normalized spacial score (nSPS) is 33.9. The van der Waals surface area contributed by atoms with Crippen LogP contribution in [0.3, 0.4) is 0 Å². The fraction of sp³-hybridized carbons (Fsp3) is 0.938. The Labute approximate surface area is 128 Å². The third-order valence-electron chi connectivity index (χ3n) is 5.36. The zero-order valence-corrected chi connectivity index (χ0v) is 13.4. The first-order chi connectivity index (χ1) is 10.1. The minimum Gasteiger partial charge on any atom is -0.373 e. The molecule has 1 N–H and O–H groups in total. The molecule has 2 amide bonds. The van der Waals surface area contributed by atoms with Gasteiger partial charge >= 0.3 is 6.03 Å². The van der Waals surface area contributed by atoms with E-state index in [1.54, 1.807) is 19.0 Å². The van der Waals surface area contributed by atoms with Gasteiger partial charge in [-0.2, -0.15) is 0 Å². The van der Waals surface area contributed by atoms with E-state index in [-0.39, 0.29) is 17.7 Å². The average Bonchev–Trinajstić information content (AvgIpc) is 2.77. The Hall–Kier alpha value is -0.810. The SMILES string of the molecule is CN(C)C(=O)N[C@H]1CCO[C@@]2(CCN(CC3CCC3)C2)C1. The molecule has 1 aliphatic carbocycles. The van der Waals surface area contributed by atoms with E-state index < -0.39 is 0 Å². The highest BCUT2D eigenvalue weighted by atomic mass is 16.5. The standard InChI is InChI=1S/C16H29N3O2/c1-18(2)15(20)17-14-6-9-21-16(10-14)7-8-19(12-16)11-13-4-3-5-13/h13-14H,3-12H2,1-2H3,(H,17,20)/t14-,16-/m0/s1. The minimum atomic E-state index is -0.00768. The van der Waals surface area contributed by atoms with Gasteiger partial charge in [0.2, 0.25) is 0 Å². The molecule has 3 fully saturated rings. The van der Waals surface area contributed by atoms with Crippen LogP contribution in [0.2, 0.25) is 0 Å². The monoisotopic (exact) mass is 295 g/mol. The van der Waals surface area contributed by atoms with Gasteiger partial charge in [-0.25, -0.2) is 4.79 Å². The highest BCUT2D eigenvalue weighted by molar-refractivity contribution is 5.73. The lowest BCUT2D eigenvalue weighted by Crippen LogP contribution is -2.51. The Balaban J connectivity index is 1.51. The molecule has 3 aliphatic rings. The summed E-state index contributed by atoms with van der Waals surface area (Å²) < 4.78 is 6.16. The molecule has 1 spiro atoms. The van der Waals surface area contributed by atoms with E-state index in [9.17, 15) is 4.79 Å². The molecule has 0 aromatic heterocycles. The topological polar surface area (TPSA) is 44.8 Å². The van der Waals surface area contributed by atoms with Crippen LogP contribution in [-0.2, 0) is 4.74 Å². The van der Waals surface area contributed by atoms with Crippen LogP contribution in [0.15, 0.2) is 0 Å². The summed E-state index contributed by atoms with van der Waals surface area (Å²) in [6.07, 6.45) is 7.25. The third-order valence-corrected chi connectivity index (χ3v) is 5.36. The predicted octanol–water partition coefficient (Wildman–Crippen LogP) is 1.68. The predicted molar refractivity (Wildman–Crippen MR) is 82.3 cm³/mol. The highest BCUT2D eigenvalue weighted by Gasteiger charge is 2.44. The van der Waals surface area contributed by atoms with Crippen molar-refractivity contribution < 1.29 is 9.53 Å². The van der Waals surface area contributed by atoms with Crippen LogP contribution >= 0.6 is 0 Å². The van der Waals surface area contributed by atoms with Crippen LogP contribution in [0.25, 0.3) is 0 Å². The molecule has 3 rings (SSSR count). The van der Waals surface area contributed by atoms with Gasteiger partial charge < -0.3 is 19.9 Å². The average molecular weight is 295 g/mol. The van der Waals surface area contributed by atoms with Crippen LogP contribution in [0.5, 0.6) is 0 Å². The quantitative estimate of drug-likeness (QED) is 0.861. The summed E-state index contributed by atoms with van der Waals surface area (Å²) >= 11 is 0. The van der Waals surface area contributed by atoms with Gasteiger partial charge in [-0.1, -0.05) is 6.42 Å². The van der Waals surface area contributed by atoms with Crippen molar-refractivity contribution in [1.29, 1.82) is 0 Å². The number of hydrogen-bond donors (Lipinski definition) is 1. The number of hydrogen-bond acceptors (Lipinski definition) is 3. The summed E-state index contributed by atoms with van der Waals surface area (Å²) in [6.45, 7) is 4.23. The van der Waals surface area contributed by atoms with Gasteiger partial charge in [0.1, 0.15) is 0 Å². The second-order valence-corrected chi connectivity index (χ2v) is 7.35. The number of nitrogens with zero attached hydrogens (tertiary/aromatic N) is 2. The second kappa shape index (κ2) is 6.13. The van der Waals surface area contributed by atoms with Crippen LogP contribution in [0.4, 0.5) is 4.79 Å². The summed E-state index contributed by atoms with van der Waals surface area (Å²) in [5.41, 5.74) is -0.00768. The largest absolute Gasteiger partial charge is 0.373 e. The molecule has 2 saturated heterocycles. The number of carbonyl (C=O) groups is 1. The molecule has 1 saturated carbocycles. The van der Waals surface area contributed by atoms with Crippen molar-refractivity contribution in [2.75, 3.05) is 40.3 Å². The number of amides is 2. The summed E-state index contributed by atoms with van der Waals surface area (Å²) in [5, 5.41) is 3.14. The van der Waals surface area contributed by atoms with E-state index >= 15 is 0 Å². The molecule has 0 unspecified atom stereocenters. The molecule has 120 valence electrons. The van der Waals surface area contributed by atoms with Crippen LogP contribution in [0, 0.1) is 5.92 Å². The molecule has 5 nitrogen and oxygen atoms in total. The van der Waals surface area contributed by atoms with Gasteiger partial charge in [-0.15, -0.1) is 0 Å². The zero-order chi connectivity index (χ0) is 14.9. The van der Waals surface area contributed by atoms with Crippen molar-refractivity contribution in [2.45, 2.75) is 50.2 Å². The van der Waals surface area contributed by atoms with Gasteiger partial charge in [-0.05, 0) is 38.0 Å². The number of rotatable bonds is 3. The number of nitrogens with one attached hydrogen (secondary N) is 1. The van der Waals surface area contributed by atoms with Gasteiger partial charge in [-0.3, -0.25) is 0 Å². The molecule has 2 heterocycles. The molecule has 0 aromatic rings. The second-order valence-electron chi connectivity index (χ2n) is 7.35. The summed E-state index contributed by atoms with van der Waals surface area (Å²) in [6, 6.07) is 0.277. The van der Waals surface area contributed by atoms with E-state index in [4.69, 9.17) is 4.74 Å². The molecule has 2 atom stereocenters. The number of ether oxygens (including phenoxy) is 1. The van der Waals surface area contributed by atoms with Crippen LogP contribution in [-0.4, -0.2) is 67.8 Å². The van der Waals surface area contributed by atoms with Crippen LogP contribution < -0.4 is 5.32 Å². The fourth-order valence-corrected chi connectivity index (χ4v) is 3.86. The van der Waals surface area contributed by atoms with Gasteiger partial charge in [0.05, 0.1) is 5.60 Å².